The summed E-state index contributed by atoms with van der Waals surface area (Å²) < 4.78 is 12.0. The van der Waals surface area contributed by atoms with E-state index in [1.807, 2.05) is 6.08 Å². The standard InChI is InChI=1S/C14H24O3Si/c1-13(2,3)18(4,5)17-11-7-6-9-14(11)10-8-12(15)16-14/h8,10-11H,6-7,9H2,1-5H3/t11-,14+/m0/s1. The summed E-state index contributed by atoms with van der Waals surface area (Å²) in [5.41, 5.74) is -0.466. The molecule has 3 nitrogen and oxygen atoms in total. The Hall–Kier alpha value is -0.613. The summed E-state index contributed by atoms with van der Waals surface area (Å²) in [6, 6.07) is 0. The molecule has 0 aromatic rings. The van der Waals surface area contributed by atoms with Crippen LogP contribution >= 0.6 is 0 Å². The van der Waals surface area contributed by atoms with Gasteiger partial charge in [0.25, 0.3) is 0 Å². The predicted octanol–water partition coefficient (Wildman–Crippen LogP) is 3.41. The minimum absolute atomic E-state index is 0.0427. The lowest BCUT2D eigenvalue weighted by atomic mass is 10.0. The van der Waals surface area contributed by atoms with E-state index >= 15 is 0 Å². The average Bonchev–Trinajstić information content (AvgIpc) is 2.74. The smallest absolute Gasteiger partial charge is 0.331 e. The van der Waals surface area contributed by atoms with Gasteiger partial charge >= 0.3 is 5.97 Å². The number of esters is 1. The fourth-order valence-electron chi connectivity index (χ4n) is 2.43. The highest BCUT2D eigenvalue weighted by Gasteiger charge is 2.51. The van der Waals surface area contributed by atoms with E-state index in [9.17, 15) is 4.79 Å². The molecule has 1 fully saturated rings. The summed E-state index contributed by atoms with van der Waals surface area (Å²) in [6.45, 7) is 11.2. The average molecular weight is 268 g/mol. The molecular formula is C14H24O3Si. The molecule has 18 heavy (non-hydrogen) atoms. The van der Waals surface area contributed by atoms with Gasteiger partial charge in [0.05, 0.1) is 6.10 Å². The van der Waals surface area contributed by atoms with Crippen LogP contribution in [0.3, 0.4) is 0 Å². The fourth-order valence-corrected chi connectivity index (χ4v) is 3.81. The molecule has 0 N–H and O–H groups in total. The lowest BCUT2D eigenvalue weighted by molar-refractivity contribution is -0.151. The normalized spacial score (nSPS) is 32.3. The van der Waals surface area contributed by atoms with E-state index < -0.39 is 13.9 Å². The first kappa shape index (κ1) is 13.8. The molecule has 0 bridgehead atoms. The van der Waals surface area contributed by atoms with Crippen LogP contribution < -0.4 is 0 Å². The van der Waals surface area contributed by atoms with E-state index in [4.69, 9.17) is 9.16 Å². The molecule has 0 amide bonds. The molecular weight excluding hydrogens is 244 g/mol. The van der Waals surface area contributed by atoms with Gasteiger partial charge in [-0.1, -0.05) is 20.8 Å². The van der Waals surface area contributed by atoms with Gasteiger partial charge in [0.1, 0.15) is 0 Å². The topological polar surface area (TPSA) is 35.5 Å². The first-order valence-electron chi connectivity index (χ1n) is 6.76. The monoisotopic (exact) mass is 268 g/mol. The maximum atomic E-state index is 11.4. The van der Waals surface area contributed by atoms with Gasteiger partial charge in [-0.25, -0.2) is 4.79 Å². The van der Waals surface area contributed by atoms with E-state index in [-0.39, 0.29) is 17.1 Å². The third kappa shape index (κ3) is 2.28. The summed E-state index contributed by atoms with van der Waals surface area (Å²) in [6.07, 6.45) is 6.46. The quantitative estimate of drug-likeness (QED) is 0.568. The number of ether oxygens (including phenoxy) is 1. The van der Waals surface area contributed by atoms with Gasteiger partial charge in [-0.05, 0) is 43.5 Å². The highest BCUT2D eigenvalue weighted by molar-refractivity contribution is 6.74. The largest absolute Gasteiger partial charge is 0.449 e. The Kier molecular flexibility index (Phi) is 3.22. The van der Waals surface area contributed by atoms with Crippen LogP contribution in [0.15, 0.2) is 12.2 Å². The van der Waals surface area contributed by atoms with Crippen molar-refractivity contribution in [2.24, 2.45) is 0 Å². The van der Waals surface area contributed by atoms with Gasteiger partial charge in [-0.15, -0.1) is 0 Å². The molecule has 0 unspecified atom stereocenters. The number of carbonyl (C=O) groups is 1. The molecule has 102 valence electrons. The third-order valence-electron chi connectivity index (χ3n) is 4.61. The second-order valence-corrected chi connectivity index (χ2v) is 11.7. The zero-order valence-electron chi connectivity index (χ0n) is 12.1. The molecule has 4 heteroatoms. The maximum Gasteiger partial charge on any atom is 0.331 e. The highest BCUT2D eigenvalue weighted by atomic mass is 28.4. The van der Waals surface area contributed by atoms with Crippen molar-refractivity contribution in [1.29, 1.82) is 0 Å². The van der Waals surface area contributed by atoms with E-state index in [1.165, 1.54) is 0 Å². The van der Waals surface area contributed by atoms with Crippen molar-refractivity contribution in [2.45, 2.75) is 69.9 Å². The SMILES string of the molecule is CC(C)(C)[Si](C)(C)O[C@H]1CCC[C@@]12C=CC(=O)O2. The molecule has 0 saturated heterocycles. The minimum Gasteiger partial charge on any atom is -0.449 e. The van der Waals surface area contributed by atoms with Crippen molar-refractivity contribution in [1.82, 2.24) is 0 Å². The van der Waals surface area contributed by atoms with Crippen LogP contribution in [0.5, 0.6) is 0 Å². The van der Waals surface area contributed by atoms with Gasteiger partial charge in [-0.2, -0.15) is 0 Å². The van der Waals surface area contributed by atoms with Crippen LogP contribution in [0.1, 0.15) is 40.0 Å². The molecule has 1 aliphatic carbocycles. The van der Waals surface area contributed by atoms with Crippen molar-refractivity contribution >= 4 is 14.3 Å². The van der Waals surface area contributed by atoms with Gasteiger partial charge in [0, 0.05) is 6.08 Å². The van der Waals surface area contributed by atoms with Crippen LogP contribution in [0, 0.1) is 0 Å². The Morgan fingerprint density at radius 2 is 2.11 bits per heavy atom. The van der Waals surface area contributed by atoms with E-state index in [1.54, 1.807) is 6.08 Å². The maximum absolute atomic E-state index is 11.4. The Morgan fingerprint density at radius 3 is 2.61 bits per heavy atom. The lowest BCUT2D eigenvalue weighted by Gasteiger charge is -2.41. The summed E-state index contributed by atoms with van der Waals surface area (Å²) in [7, 11) is -1.81. The number of rotatable bonds is 2. The van der Waals surface area contributed by atoms with E-state index in [0.717, 1.165) is 19.3 Å². The van der Waals surface area contributed by atoms with E-state index in [2.05, 4.69) is 33.9 Å². The van der Waals surface area contributed by atoms with Gasteiger partial charge in [0.15, 0.2) is 13.9 Å². The van der Waals surface area contributed by atoms with Crippen LogP contribution in [0.25, 0.3) is 0 Å². The second-order valence-electron chi connectivity index (χ2n) is 6.97. The number of carbonyl (C=O) groups excluding carboxylic acids is 1. The molecule has 0 radical (unpaired) electrons. The fraction of sp³-hybridized carbons (Fsp3) is 0.786. The second kappa shape index (κ2) is 4.20. The van der Waals surface area contributed by atoms with E-state index in [0.29, 0.717) is 0 Å². The molecule has 0 aromatic carbocycles. The molecule has 1 spiro atoms. The Labute approximate surface area is 111 Å². The first-order chi connectivity index (χ1) is 8.16. The van der Waals surface area contributed by atoms with Crippen molar-refractivity contribution < 1.29 is 14.0 Å². The summed E-state index contributed by atoms with van der Waals surface area (Å²) >= 11 is 0. The first-order valence-corrected chi connectivity index (χ1v) is 9.67. The van der Waals surface area contributed by atoms with Crippen molar-refractivity contribution in [3.05, 3.63) is 12.2 Å². The highest BCUT2D eigenvalue weighted by Crippen LogP contribution is 2.45. The summed E-state index contributed by atoms with van der Waals surface area (Å²) in [5, 5.41) is 0.184. The van der Waals surface area contributed by atoms with Crippen LogP contribution in [-0.4, -0.2) is 26.0 Å². The number of hydrogen-bond donors (Lipinski definition) is 0. The van der Waals surface area contributed by atoms with Gasteiger partial charge in [-0.3, -0.25) is 0 Å². The Balaban J connectivity index is 2.15. The zero-order valence-corrected chi connectivity index (χ0v) is 13.1. The van der Waals surface area contributed by atoms with Crippen molar-refractivity contribution in [2.75, 3.05) is 0 Å². The van der Waals surface area contributed by atoms with Crippen LogP contribution in [0.4, 0.5) is 0 Å². The van der Waals surface area contributed by atoms with Crippen molar-refractivity contribution in [3.8, 4) is 0 Å². The van der Waals surface area contributed by atoms with Gasteiger partial charge in [0.2, 0.25) is 0 Å². The summed E-state index contributed by atoms with van der Waals surface area (Å²) in [5.74, 6) is -0.222. The number of hydrogen-bond acceptors (Lipinski definition) is 3. The van der Waals surface area contributed by atoms with Crippen molar-refractivity contribution in [3.63, 3.8) is 0 Å². The molecule has 1 saturated carbocycles. The molecule has 0 aromatic heterocycles. The Morgan fingerprint density at radius 1 is 1.44 bits per heavy atom. The molecule has 1 heterocycles. The predicted molar refractivity (Wildman–Crippen MR) is 73.9 cm³/mol. The summed E-state index contributed by atoms with van der Waals surface area (Å²) in [4.78, 5) is 11.4. The lowest BCUT2D eigenvalue weighted by Crippen LogP contribution is -2.49. The molecule has 2 rings (SSSR count). The molecule has 2 atom stereocenters. The Bertz CT molecular complexity index is 381. The zero-order chi connectivity index (χ0) is 13.6. The minimum atomic E-state index is -1.81. The third-order valence-corrected chi connectivity index (χ3v) is 9.10. The van der Waals surface area contributed by atoms with Gasteiger partial charge < -0.3 is 9.16 Å². The van der Waals surface area contributed by atoms with Crippen LogP contribution in [-0.2, 0) is 14.0 Å². The van der Waals surface area contributed by atoms with Crippen LogP contribution in [0.2, 0.25) is 18.1 Å². The molecule has 2 aliphatic rings. The molecule has 1 aliphatic heterocycles.